The van der Waals surface area contributed by atoms with Crippen molar-refractivity contribution in [3.8, 4) is 5.88 Å². The van der Waals surface area contributed by atoms with Gasteiger partial charge in [-0.1, -0.05) is 6.07 Å². The molecule has 174 valence electrons. The highest BCUT2D eigenvalue weighted by Gasteiger charge is 2.39. The topological polar surface area (TPSA) is 139 Å². The number of nitrogens with one attached hydrogen (secondary N) is 1. The number of ether oxygens (including phenoxy) is 2. The summed E-state index contributed by atoms with van der Waals surface area (Å²) in [5.74, 6) is -0.330. The second-order valence-electron chi connectivity index (χ2n) is 8.02. The minimum absolute atomic E-state index is 0.166. The third kappa shape index (κ3) is 3.93. The van der Waals surface area contributed by atoms with Crippen molar-refractivity contribution >= 4 is 39.9 Å². The molecule has 0 bridgehead atoms. The predicted molar refractivity (Wildman–Crippen MR) is 126 cm³/mol. The van der Waals surface area contributed by atoms with Gasteiger partial charge in [-0.15, -0.1) is 0 Å². The number of fused-ring (bicyclic) bond motifs is 2. The summed E-state index contributed by atoms with van der Waals surface area (Å²) in [6, 6.07) is 14.2. The van der Waals surface area contributed by atoms with Crippen molar-refractivity contribution in [1.82, 2.24) is 4.98 Å². The lowest BCUT2D eigenvalue weighted by Gasteiger charge is -2.34. The Morgan fingerprint density at radius 3 is 2.91 bits per heavy atom. The van der Waals surface area contributed by atoms with Gasteiger partial charge in [-0.3, -0.25) is 14.6 Å². The number of amidine groups is 1. The van der Waals surface area contributed by atoms with Crippen LogP contribution in [0.2, 0.25) is 0 Å². The quantitative estimate of drug-likeness (QED) is 0.519. The molecule has 0 radical (unpaired) electrons. The summed E-state index contributed by atoms with van der Waals surface area (Å²) >= 11 is 0. The van der Waals surface area contributed by atoms with Gasteiger partial charge < -0.3 is 30.5 Å². The van der Waals surface area contributed by atoms with Crippen LogP contribution in [0.15, 0.2) is 53.5 Å². The lowest BCUT2D eigenvalue weighted by atomic mass is 10.1. The van der Waals surface area contributed by atoms with Crippen molar-refractivity contribution in [3.63, 3.8) is 0 Å². The fourth-order valence-electron chi connectivity index (χ4n) is 4.12. The Morgan fingerprint density at radius 2 is 2.09 bits per heavy atom. The SMILES string of the molecule is COc1ccc2ccc(N3CCOC([C@@H](O)C(=O)Nc4ccc5c(c4)CN=C5N)C3=O)cc2n1. The summed E-state index contributed by atoms with van der Waals surface area (Å²) in [6.07, 6.45) is -3.03. The largest absolute Gasteiger partial charge is 0.481 e. The number of anilines is 2. The number of aliphatic hydroxyl groups excluding tert-OH is 1. The molecule has 4 N–H and O–H groups in total. The molecule has 0 aliphatic carbocycles. The zero-order chi connectivity index (χ0) is 23.8. The highest BCUT2D eigenvalue weighted by atomic mass is 16.5. The standard InChI is InChI=1S/C24H23N5O5/c1-33-19-7-3-13-2-5-16(11-18(13)28-19)29-8-9-34-21(24(29)32)20(30)23(31)27-15-4-6-17-14(10-15)12-26-22(17)25/h2-7,10-11,20-21,30H,8-9,12H2,1H3,(H2,25,26)(H,27,31)/t20-,21?/m1/s1. The highest BCUT2D eigenvalue weighted by molar-refractivity contribution is 6.05. The van der Waals surface area contributed by atoms with Crippen LogP contribution in [-0.2, 0) is 20.9 Å². The number of pyridine rings is 1. The summed E-state index contributed by atoms with van der Waals surface area (Å²) in [4.78, 5) is 35.9. The first-order valence-corrected chi connectivity index (χ1v) is 10.7. The molecule has 10 nitrogen and oxygen atoms in total. The molecule has 0 saturated carbocycles. The fourth-order valence-corrected chi connectivity index (χ4v) is 4.12. The summed E-state index contributed by atoms with van der Waals surface area (Å²) in [5, 5.41) is 14.2. The fraction of sp³-hybridized carbons (Fsp3) is 0.250. The summed E-state index contributed by atoms with van der Waals surface area (Å²) < 4.78 is 10.7. The average Bonchev–Trinajstić information content (AvgIpc) is 3.22. The van der Waals surface area contributed by atoms with Gasteiger partial charge in [-0.25, -0.2) is 4.98 Å². The van der Waals surface area contributed by atoms with Gasteiger partial charge in [0, 0.05) is 34.9 Å². The first-order valence-electron chi connectivity index (χ1n) is 10.7. The molecule has 2 aliphatic rings. The number of methoxy groups -OCH3 is 1. The maximum atomic E-state index is 13.2. The molecule has 1 fully saturated rings. The van der Waals surface area contributed by atoms with Gasteiger partial charge in [0.05, 0.1) is 25.8 Å². The minimum atomic E-state index is -1.69. The molecule has 2 amide bonds. The molecular weight excluding hydrogens is 438 g/mol. The van der Waals surface area contributed by atoms with Crippen molar-refractivity contribution in [1.29, 1.82) is 0 Å². The molecule has 1 unspecified atom stereocenters. The number of rotatable bonds is 5. The molecular formula is C24H23N5O5. The van der Waals surface area contributed by atoms with Crippen LogP contribution in [0, 0.1) is 0 Å². The number of nitrogens with zero attached hydrogens (tertiary/aromatic N) is 3. The van der Waals surface area contributed by atoms with Gasteiger partial charge in [-0.2, -0.15) is 0 Å². The van der Waals surface area contributed by atoms with E-state index in [-0.39, 0.29) is 13.2 Å². The van der Waals surface area contributed by atoms with Crippen molar-refractivity contribution in [3.05, 3.63) is 59.7 Å². The molecule has 0 spiro atoms. The molecule has 3 aromatic rings. The van der Waals surface area contributed by atoms with Crippen LogP contribution in [0.4, 0.5) is 11.4 Å². The molecule has 3 heterocycles. The summed E-state index contributed by atoms with van der Waals surface area (Å²) in [5.41, 5.74) is 9.24. The van der Waals surface area contributed by atoms with E-state index in [0.717, 1.165) is 16.5 Å². The van der Waals surface area contributed by atoms with Crippen LogP contribution in [0.1, 0.15) is 11.1 Å². The number of aliphatic imine (C=N–C) groups is 1. The zero-order valence-electron chi connectivity index (χ0n) is 18.4. The third-order valence-corrected chi connectivity index (χ3v) is 5.92. The van der Waals surface area contributed by atoms with Crippen molar-refractivity contribution in [2.45, 2.75) is 18.8 Å². The maximum absolute atomic E-state index is 13.2. The third-order valence-electron chi connectivity index (χ3n) is 5.92. The van der Waals surface area contributed by atoms with Crippen molar-refractivity contribution in [2.24, 2.45) is 10.7 Å². The van der Waals surface area contributed by atoms with Crippen LogP contribution >= 0.6 is 0 Å². The molecule has 1 saturated heterocycles. The van der Waals surface area contributed by atoms with Crippen LogP contribution in [-0.4, -0.2) is 60.2 Å². The first kappa shape index (κ1) is 21.8. The van der Waals surface area contributed by atoms with E-state index >= 15 is 0 Å². The maximum Gasteiger partial charge on any atom is 0.259 e. The Hall–Kier alpha value is -4.02. The molecule has 34 heavy (non-hydrogen) atoms. The number of aliphatic hydroxyl groups is 1. The second kappa shape index (κ2) is 8.73. The van der Waals surface area contributed by atoms with Crippen LogP contribution in [0.25, 0.3) is 10.9 Å². The monoisotopic (exact) mass is 461 g/mol. The summed E-state index contributed by atoms with van der Waals surface area (Å²) in [6.45, 7) is 0.879. The van der Waals surface area contributed by atoms with E-state index in [4.69, 9.17) is 15.2 Å². The van der Waals surface area contributed by atoms with E-state index in [2.05, 4.69) is 15.3 Å². The Balaban J connectivity index is 1.32. The Morgan fingerprint density at radius 1 is 1.26 bits per heavy atom. The zero-order valence-corrected chi connectivity index (χ0v) is 18.4. The van der Waals surface area contributed by atoms with Crippen LogP contribution in [0.3, 0.4) is 0 Å². The summed E-state index contributed by atoms with van der Waals surface area (Å²) in [7, 11) is 1.53. The van der Waals surface area contributed by atoms with Crippen LogP contribution < -0.4 is 20.7 Å². The van der Waals surface area contributed by atoms with Gasteiger partial charge in [0.15, 0.2) is 12.2 Å². The lowest BCUT2D eigenvalue weighted by Crippen LogP contribution is -2.55. The number of carbonyl (C=O) groups is 2. The Labute approximate surface area is 195 Å². The average molecular weight is 461 g/mol. The number of nitrogens with two attached hydrogens (primary N) is 1. The van der Waals surface area contributed by atoms with Gasteiger partial charge in [0.25, 0.3) is 11.8 Å². The first-order chi connectivity index (χ1) is 16.4. The molecule has 5 rings (SSSR count). The molecule has 2 aliphatic heterocycles. The number of morpholine rings is 1. The van der Waals surface area contributed by atoms with Gasteiger partial charge >= 0.3 is 0 Å². The molecule has 2 atom stereocenters. The molecule has 2 aromatic carbocycles. The number of hydrogen-bond donors (Lipinski definition) is 3. The predicted octanol–water partition coefficient (Wildman–Crippen LogP) is 1.19. The highest BCUT2D eigenvalue weighted by Crippen LogP contribution is 2.26. The van der Waals surface area contributed by atoms with E-state index in [0.29, 0.717) is 35.2 Å². The molecule has 10 heteroatoms. The normalized spacial score (nSPS) is 18.4. The Kier molecular flexibility index (Phi) is 5.60. The van der Waals surface area contributed by atoms with E-state index in [1.54, 1.807) is 36.4 Å². The van der Waals surface area contributed by atoms with Gasteiger partial charge in [-0.05, 0) is 42.0 Å². The number of hydrogen-bond acceptors (Lipinski definition) is 8. The smallest absolute Gasteiger partial charge is 0.259 e. The Bertz CT molecular complexity index is 1320. The van der Waals surface area contributed by atoms with Gasteiger partial charge in [0.1, 0.15) is 5.84 Å². The van der Waals surface area contributed by atoms with E-state index < -0.39 is 24.0 Å². The molecule has 1 aromatic heterocycles. The van der Waals surface area contributed by atoms with E-state index in [1.807, 2.05) is 12.1 Å². The van der Waals surface area contributed by atoms with Crippen molar-refractivity contribution < 1.29 is 24.2 Å². The van der Waals surface area contributed by atoms with Crippen molar-refractivity contribution in [2.75, 3.05) is 30.5 Å². The number of aromatic nitrogens is 1. The van der Waals surface area contributed by atoms with E-state index in [1.165, 1.54) is 12.0 Å². The minimum Gasteiger partial charge on any atom is -0.481 e. The van der Waals surface area contributed by atoms with Crippen LogP contribution in [0.5, 0.6) is 5.88 Å². The van der Waals surface area contributed by atoms with E-state index in [9.17, 15) is 14.7 Å². The second-order valence-corrected chi connectivity index (χ2v) is 8.02. The number of carbonyl (C=O) groups excluding carboxylic acids is 2. The number of amides is 2. The van der Waals surface area contributed by atoms with Gasteiger partial charge in [0.2, 0.25) is 5.88 Å². The lowest BCUT2D eigenvalue weighted by molar-refractivity contribution is -0.150. The number of benzene rings is 2.